The minimum atomic E-state index is -0.730. The minimum Gasteiger partial charge on any atom is -0.329 e. The zero-order chi connectivity index (χ0) is 15.4. The first kappa shape index (κ1) is 14.5. The molecule has 0 bridgehead atoms. The number of nitrogens with two attached hydrogens (primary N) is 1. The summed E-state index contributed by atoms with van der Waals surface area (Å²) >= 11 is 0. The number of rotatable bonds is 5. The molecule has 10 heteroatoms. The molecule has 2 aromatic rings. The fraction of sp³-hybridized carbons (Fsp3) is 0.182. The Morgan fingerprint density at radius 1 is 1.52 bits per heavy atom. The fourth-order valence-electron chi connectivity index (χ4n) is 1.60. The van der Waals surface area contributed by atoms with Crippen LogP contribution in [0.15, 0.2) is 24.4 Å². The maximum Gasteiger partial charge on any atom is 0.292 e. The smallest absolute Gasteiger partial charge is 0.292 e. The van der Waals surface area contributed by atoms with Crippen LogP contribution in [0.25, 0.3) is 0 Å². The summed E-state index contributed by atoms with van der Waals surface area (Å²) in [6.07, 6.45) is 1.34. The van der Waals surface area contributed by atoms with E-state index in [4.69, 9.17) is 5.73 Å². The van der Waals surface area contributed by atoms with Crippen LogP contribution < -0.4 is 11.1 Å². The number of anilines is 1. The lowest BCUT2D eigenvalue weighted by atomic mass is 10.2. The predicted octanol–water partition coefficient (Wildman–Crippen LogP) is 0.536. The molecule has 1 amide bonds. The molecule has 0 radical (unpaired) electrons. The number of carbonyl (C=O) groups is 1. The number of nitro groups is 1. The van der Waals surface area contributed by atoms with Crippen molar-refractivity contribution in [1.82, 2.24) is 15.0 Å². The number of nitrogens with zero attached hydrogens (tertiary/aromatic N) is 4. The van der Waals surface area contributed by atoms with Crippen molar-refractivity contribution in [2.75, 3.05) is 11.9 Å². The molecule has 0 aliphatic rings. The molecule has 2 rings (SSSR count). The number of nitrogens with one attached hydrogen (secondary N) is 1. The number of hydrogen-bond acceptors (Lipinski definition) is 6. The highest BCUT2D eigenvalue weighted by Gasteiger charge is 2.19. The van der Waals surface area contributed by atoms with Crippen LogP contribution in [0, 0.1) is 15.9 Å². The average molecular weight is 294 g/mol. The second-order valence-corrected chi connectivity index (χ2v) is 4.03. The normalized spacial score (nSPS) is 10.4. The zero-order valence-corrected chi connectivity index (χ0v) is 10.7. The summed E-state index contributed by atoms with van der Waals surface area (Å²) in [5.41, 5.74) is 4.61. The SMILES string of the molecule is NCCn1cc(C(=O)Nc2cc(F)ccc2[N+](=O)[O-])nn1. The molecule has 0 aliphatic carbocycles. The van der Waals surface area contributed by atoms with Gasteiger partial charge in [-0.15, -0.1) is 5.10 Å². The summed E-state index contributed by atoms with van der Waals surface area (Å²) in [5.74, 6) is -1.44. The Morgan fingerprint density at radius 2 is 2.29 bits per heavy atom. The Morgan fingerprint density at radius 3 is 2.95 bits per heavy atom. The van der Waals surface area contributed by atoms with Gasteiger partial charge in [-0.1, -0.05) is 5.21 Å². The van der Waals surface area contributed by atoms with Crippen LogP contribution in [-0.2, 0) is 6.54 Å². The van der Waals surface area contributed by atoms with Crippen LogP contribution in [0.1, 0.15) is 10.5 Å². The number of nitro benzene ring substituents is 1. The minimum absolute atomic E-state index is 0.0537. The Kier molecular flexibility index (Phi) is 4.18. The first-order valence-electron chi connectivity index (χ1n) is 5.86. The molecule has 0 saturated carbocycles. The third-order valence-corrected chi connectivity index (χ3v) is 2.53. The lowest BCUT2D eigenvalue weighted by molar-refractivity contribution is -0.384. The number of hydrogen-bond donors (Lipinski definition) is 2. The maximum absolute atomic E-state index is 13.1. The summed E-state index contributed by atoms with van der Waals surface area (Å²) in [4.78, 5) is 22.0. The standard InChI is InChI=1S/C11H11FN6O3/c12-7-1-2-10(18(20)21)8(5-7)14-11(19)9-6-17(4-3-13)16-15-9/h1-2,5-6H,3-4,13H2,(H,14,19). The maximum atomic E-state index is 13.1. The Bertz CT molecular complexity index is 686. The van der Waals surface area contributed by atoms with Crippen molar-refractivity contribution in [3.8, 4) is 0 Å². The van der Waals surface area contributed by atoms with Crippen molar-refractivity contribution in [3.05, 3.63) is 46.0 Å². The second kappa shape index (κ2) is 6.05. The number of benzene rings is 1. The number of carbonyl (C=O) groups excluding carboxylic acids is 1. The van der Waals surface area contributed by atoms with Gasteiger partial charge >= 0.3 is 0 Å². The Labute approximate surface area is 117 Å². The van der Waals surface area contributed by atoms with E-state index in [1.807, 2.05) is 0 Å². The second-order valence-electron chi connectivity index (χ2n) is 4.03. The van der Waals surface area contributed by atoms with Gasteiger partial charge < -0.3 is 11.1 Å². The van der Waals surface area contributed by atoms with E-state index in [1.54, 1.807) is 0 Å². The third-order valence-electron chi connectivity index (χ3n) is 2.53. The quantitative estimate of drug-likeness (QED) is 0.611. The van der Waals surface area contributed by atoms with Gasteiger partial charge in [-0.3, -0.25) is 19.6 Å². The predicted molar refractivity (Wildman–Crippen MR) is 70.1 cm³/mol. The van der Waals surface area contributed by atoms with Crippen molar-refractivity contribution in [1.29, 1.82) is 0 Å². The molecule has 0 spiro atoms. The van der Waals surface area contributed by atoms with E-state index in [2.05, 4.69) is 15.6 Å². The van der Waals surface area contributed by atoms with Crippen LogP contribution in [0.3, 0.4) is 0 Å². The zero-order valence-electron chi connectivity index (χ0n) is 10.7. The molecule has 0 atom stereocenters. The molecule has 0 fully saturated rings. The van der Waals surface area contributed by atoms with Crippen LogP contribution in [-0.4, -0.2) is 32.4 Å². The van der Waals surface area contributed by atoms with Gasteiger partial charge in [0.25, 0.3) is 11.6 Å². The Hall–Kier alpha value is -2.88. The molecule has 0 aliphatic heterocycles. The molecule has 1 heterocycles. The summed E-state index contributed by atoms with van der Waals surface area (Å²) < 4.78 is 14.5. The summed E-state index contributed by atoms with van der Waals surface area (Å²) in [5, 5.41) is 20.3. The van der Waals surface area contributed by atoms with E-state index in [-0.39, 0.29) is 11.4 Å². The van der Waals surface area contributed by atoms with Gasteiger partial charge in [0, 0.05) is 18.7 Å². The van der Waals surface area contributed by atoms with Crippen molar-refractivity contribution in [3.63, 3.8) is 0 Å². The van der Waals surface area contributed by atoms with Crippen LogP contribution in [0.2, 0.25) is 0 Å². The lowest BCUT2D eigenvalue weighted by Crippen LogP contribution is -2.14. The molecule has 110 valence electrons. The molecule has 1 aromatic carbocycles. The number of halogens is 1. The summed E-state index contributed by atoms with van der Waals surface area (Å²) in [7, 11) is 0. The highest BCUT2D eigenvalue weighted by Crippen LogP contribution is 2.25. The van der Waals surface area contributed by atoms with E-state index in [1.165, 1.54) is 10.9 Å². The van der Waals surface area contributed by atoms with Gasteiger partial charge in [-0.2, -0.15) is 0 Å². The number of amides is 1. The fourth-order valence-corrected chi connectivity index (χ4v) is 1.60. The lowest BCUT2D eigenvalue weighted by Gasteiger charge is -2.04. The van der Waals surface area contributed by atoms with Crippen LogP contribution >= 0.6 is 0 Å². The largest absolute Gasteiger partial charge is 0.329 e. The van der Waals surface area contributed by atoms with E-state index in [0.29, 0.717) is 13.1 Å². The van der Waals surface area contributed by atoms with Crippen molar-refractivity contribution in [2.24, 2.45) is 5.73 Å². The van der Waals surface area contributed by atoms with Gasteiger partial charge in [-0.05, 0) is 6.07 Å². The molecule has 3 N–H and O–H groups in total. The van der Waals surface area contributed by atoms with Crippen molar-refractivity contribution < 1.29 is 14.1 Å². The monoisotopic (exact) mass is 294 g/mol. The highest BCUT2D eigenvalue weighted by molar-refractivity contribution is 6.03. The van der Waals surface area contributed by atoms with Crippen molar-refractivity contribution in [2.45, 2.75) is 6.54 Å². The molecular formula is C11H11FN6O3. The molecule has 21 heavy (non-hydrogen) atoms. The first-order chi connectivity index (χ1) is 10.0. The highest BCUT2D eigenvalue weighted by atomic mass is 19.1. The Balaban J connectivity index is 2.22. The van der Waals surface area contributed by atoms with E-state index >= 15 is 0 Å². The topological polar surface area (TPSA) is 129 Å². The van der Waals surface area contributed by atoms with Gasteiger partial charge in [0.1, 0.15) is 11.5 Å². The van der Waals surface area contributed by atoms with E-state index < -0.39 is 22.3 Å². The van der Waals surface area contributed by atoms with Gasteiger partial charge in [0.05, 0.1) is 17.7 Å². The van der Waals surface area contributed by atoms with Gasteiger partial charge in [0.15, 0.2) is 5.69 Å². The van der Waals surface area contributed by atoms with E-state index in [9.17, 15) is 19.3 Å². The first-order valence-corrected chi connectivity index (χ1v) is 5.86. The molecule has 0 unspecified atom stereocenters. The average Bonchev–Trinajstić information content (AvgIpc) is 2.87. The third kappa shape index (κ3) is 3.36. The summed E-state index contributed by atoms with van der Waals surface area (Å²) in [6.45, 7) is 0.695. The van der Waals surface area contributed by atoms with Crippen LogP contribution in [0.4, 0.5) is 15.8 Å². The molecule has 9 nitrogen and oxygen atoms in total. The molecular weight excluding hydrogens is 283 g/mol. The molecule has 1 aromatic heterocycles. The van der Waals surface area contributed by atoms with Crippen LogP contribution in [0.5, 0.6) is 0 Å². The van der Waals surface area contributed by atoms with Gasteiger partial charge in [-0.25, -0.2) is 4.39 Å². The van der Waals surface area contributed by atoms with E-state index in [0.717, 1.165) is 18.2 Å². The van der Waals surface area contributed by atoms with Crippen molar-refractivity contribution >= 4 is 17.3 Å². The summed E-state index contributed by atoms with van der Waals surface area (Å²) in [6, 6.07) is 2.77. The number of aromatic nitrogens is 3. The van der Waals surface area contributed by atoms with Gasteiger partial charge in [0.2, 0.25) is 0 Å². The molecule has 0 saturated heterocycles.